The van der Waals surface area contributed by atoms with Gasteiger partial charge in [-0.25, -0.2) is 0 Å². The Labute approximate surface area is 134 Å². The molecule has 0 radical (unpaired) electrons. The molecule has 116 valence electrons. The van der Waals surface area contributed by atoms with Crippen LogP contribution in [0.15, 0.2) is 18.2 Å². The largest absolute Gasteiger partial charge is 0.493 e. The Bertz CT molecular complexity index is 492. The second kappa shape index (κ2) is 7.69. The van der Waals surface area contributed by atoms with Gasteiger partial charge in [0.25, 0.3) is 5.91 Å². The summed E-state index contributed by atoms with van der Waals surface area (Å²) in [4.78, 5) is 14.8. The minimum absolute atomic E-state index is 0.0443. The van der Waals surface area contributed by atoms with Gasteiger partial charge in [0.1, 0.15) is 0 Å². The number of carbonyl (C=O) groups is 1. The Morgan fingerprint density at radius 1 is 1.38 bits per heavy atom. The molecule has 1 aliphatic heterocycles. The predicted octanol–water partition coefficient (Wildman–Crippen LogP) is 3.48. The molecule has 2 rings (SSSR count). The average molecular weight is 356 g/mol. The van der Waals surface area contributed by atoms with Gasteiger partial charge in [-0.1, -0.05) is 22.0 Å². The molecule has 5 heteroatoms. The standard InChI is InChI=1S/C16H22BrNO3/c1-20-14-9-3-8-13(15(14)21-2)16(19)18-11-5-7-12(18)6-4-10-17/h3,8-9,12H,4-7,10-11H2,1-2H3. The molecule has 1 atom stereocenters. The van der Waals surface area contributed by atoms with Gasteiger partial charge >= 0.3 is 0 Å². The second-order valence-electron chi connectivity index (χ2n) is 5.17. The number of para-hydroxylation sites is 1. The fourth-order valence-corrected chi connectivity index (χ4v) is 3.25. The van der Waals surface area contributed by atoms with Crippen LogP contribution in [0.5, 0.6) is 11.5 Å². The van der Waals surface area contributed by atoms with Crippen LogP contribution in [0.4, 0.5) is 0 Å². The van der Waals surface area contributed by atoms with Crippen LogP contribution in [-0.4, -0.2) is 42.9 Å². The molecule has 4 nitrogen and oxygen atoms in total. The number of nitrogens with zero attached hydrogens (tertiary/aromatic N) is 1. The number of rotatable bonds is 6. The van der Waals surface area contributed by atoms with Crippen molar-refractivity contribution >= 4 is 21.8 Å². The van der Waals surface area contributed by atoms with Gasteiger partial charge in [-0.15, -0.1) is 0 Å². The van der Waals surface area contributed by atoms with Gasteiger partial charge in [0.05, 0.1) is 19.8 Å². The van der Waals surface area contributed by atoms with Crippen LogP contribution in [0.25, 0.3) is 0 Å². The topological polar surface area (TPSA) is 38.8 Å². The van der Waals surface area contributed by atoms with Crippen molar-refractivity contribution in [2.75, 3.05) is 26.1 Å². The number of ether oxygens (including phenoxy) is 2. The second-order valence-corrected chi connectivity index (χ2v) is 5.96. The van der Waals surface area contributed by atoms with Crippen molar-refractivity contribution in [3.63, 3.8) is 0 Å². The van der Waals surface area contributed by atoms with E-state index in [4.69, 9.17) is 9.47 Å². The molecule has 1 aromatic carbocycles. The van der Waals surface area contributed by atoms with E-state index in [1.54, 1.807) is 14.2 Å². The van der Waals surface area contributed by atoms with E-state index in [0.717, 1.165) is 37.6 Å². The third kappa shape index (κ3) is 3.51. The minimum atomic E-state index is 0.0443. The number of hydrogen-bond donors (Lipinski definition) is 0. The van der Waals surface area contributed by atoms with Crippen LogP contribution < -0.4 is 9.47 Å². The van der Waals surface area contributed by atoms with E-state index in [1.807, 2.05) is 23.1 Å². The number of carbonyl (C=O) groups excluding carboxylic acids is 1. The summed E-state index contributed by atoms with van der Waals surface area (Å²) < 4.78 is 10.7. The number of likely N-dealkylation sites (tertiary alicyclic amines) is 1. The van der Waals surface area contributed by atoms with E-state index in [-0.39, 0.29) is 5.91 Å². The van der Waals surface area contributed by atoms with E-state index < -0.39 is 0 Å². The first-order chi connectivity index (χ1) is 10.2. The van der Waals surface area contributed by atoms with Crippen LogP contribution in [-0.2, 0) is 0 Å². The Kier molecular flexibility index (Phi) is 5.91. The monoisotopic (exact) mass is 355 g/mol. The molecule has 0 aromatic heterocycles. The van der Waals surface area contributed by atoms with Crippen molar-refractivity contribution in [2.24, 2.45) is 0 Å². The molecule has 0 aliphatic carbocycles. The fraction of sp³-hybridized carbons (Fsp3) is 0.562. The number of hydrogen-bond acceptors (Lipinski definition) is 3. The number of halogens is 1. The third-order valence-electron chi connectivity index (χ3n) is 3.94. The van der Waals surface area contributed by atoms with Crippen LogP contribution in [0.2, 0.25) is 0 Å². The van der Waals surface area contributed by atoms with Gasteiger partial charge in [-0.2, -0.15) is 0 Å². The zero-order valence-electron chi connectivity index (χ0n) is 12.6. The maximum absolute atomic E-state index is 12.8. The molecule has 21 heavy (non-hydrogen) atoms. The van der Waals surface area contributed by atoms with Crippen molar-refractivity contribution in [2.45, 2.75) is 31.7 Å². The molecule has 1 saturated heterocycles. The zero-order valence-corrected chi connectivity index (χ0v) is 14.2. The molecule has 1 fully saturated rings. The highest BCUT2D eigenvalue weighted by atomic mass is 79.9. The fourth-order valence-electron chi connectivity index (χ4n) is 2.93. The minimum Gasteiger partial charge on any atom is -0.493 e. The van der Waals surface area contributed by atoms with E-state index >= 15 is 0 Å². The smallest absolute Gasteiger partial charge is 0.258 e. The molecule has 1 amide bonds. The van der Waals surface area contributed by atoms with Crippen LogP contribution in [0.1, 0.15) is 36.0 Å². The lowest BCUT2D eigenvalue weighted by atomic mass is 10.1. The van der Waals surface area contributed by atoms with Crippen molar-refractivity contribution in [1.29, 1.82) is 0 Å². The van der Waals surface area contributed by atoms with Gasteiger partial charge in [0.15, 0.2) is 11.5 Å². The van der Waals surface area contributed by atoms with Crippen LogP contribution in [0.3, 0.4) is 0 Å². The lowest BCUT2D eigenvalue weighted by Gasteiger charge is -2.25. The first-order valence-electron chi connectivity index (χ1n) is 7.30. The van der Waals surface area contributed by atoms with Gasteiger partial charge in [-0.3, -0.25) is 4.79 Å². The summed E-state index contributed by atoms with van der Waals surface area (Å²) in [6, 6.07) is 5.79. The molecule has 0 saturated carbocycles. The SMILES string of the molecule is COc1cccc(C(=O)N2CCCC2CCCBr)c1OC. The number of amides is 1. The molecule has 0 bridgehead atoms. The third-order valence-corrected chi connectivity index (χ3v) is 4.50. The molecule has 1 aliphatic rings. The summed E-state index contributed by atoms with van der Waals surface area (Å²) in [5.74, 6) is 1.17. The highest BCUT2D eigenvalue weighted by Gasteiger charge is 2.31. The number of methoxy groups -OCH3 is 2. The zero-order chi connectivity index (χ0) is 15.2. The lowest BCUT2D eigenvalue weighted by Crippen LogP contribution is -2.35. The molecule has 1 unspecified atom stereocenters. The van der Waals surface area contributed by atoms with Crippen molar-refractivity contribution in [3.05, 3.63) is 23.8 Å². The Hall–Kier alpha value is -1.23. The number of alkyl halides is 1. The highest BCUT2D eigenvalue weighted by molar-refractivity contribution is 9.09. The average Bonchev–Trinajstić information content (AvgIpc) is 2.99. The maximum Gasteiger partial charge on any atom is 0.258 e. The summed E-state index contributed by atoms with van der Waals surface area (Å²) in [6.07, 6.45) is 4.29. The molecular formula is C16H22BrNO3. The van der Waals surface area contributed by atoms with Crippen molar-refractivity contribution in [3.8, 4) is 11.5 Å². The Balaban J connectivity index is 2.23. The Morgan fingerprint density at radius 2 is 2.19 bits per heavy atom. The van der Waals surface area contributed by atoms with Crippen molar-refractivity contribution < 1.29 is 14.3 Å². The first kappa shape index (κ1) is 16.1. The molecule has 1 heterocycles. The summed E-state index contributed by atoms with van der Waals surface area (Å²) in [7, 11) is 3.15. The summed E-state index contributed by atoms with van der Waals surface area (Å²) >= 11 is 3.46. The normalized spacial score (nSPS) is 17.9. The highest BCUT2D eigenvalue weighted by Crippen LogP contribution is 2.33. The molecular weight excluding hydrogens is 334 g/mol. The van der Waals surface area contributed by atoms with Gasteiger partial charge in [-0.05, 0) is 37.8 Å². The summed E-state index contributed by atoms with van der Waals surface area (Å²) in [6.45, 7) is 0.826. The van der Waals surface area contributed by atoms with Gasteiger partial charge < -0.3 is 14.4 Å². The Morgan fingerprint density at radius 3 is 2.86 bits per heavy atom. The van der Waals surface area contributed by atoms with E-state index in [0.29, 0.717) is 23.1 Å². The van der Waals surface area contributed by atoms with Gasteiger partial charge in [0, 0.05) is 17.9 Å². The van der Waals surface area contributed by atoms with Crippen LogP contribution in [0, 0.1) is 0 Å². The van der Waals surface area contributed by atoms with Crippen molar-refractivity contribution in [1.82, 2.24) is 4.90 Å². The van der Waals surface area contributed by atoms with E-state index in [2.05, 4.69) is 15.9 Å². The molecule has 0 N–H and O–H groups in total. The summed E-state index contributed by atoms with van der Waals surface area (Å²) in [5.41, 5.74) is 0.586. The summed E-state index contributed by atoms with van der Waals surface area (Å²) in [5, 5.41) is 0.980. The molecule has 0 spiro atoms. The van der Waals surface area contributed by atoms with Crippen LogP contribution >= 0.6 is 15.9 Å². The predicted molar refractivity (Wildman–Crippen MR) is 86.6 cm³/mol. The van der Waals surface area contributed by atoms with E-state index in [9.17, 15) is 4.79 Å². The first-order valence-corrected chi connectivity index (χ1v) is 8.43. The van der Waals surface area contributed by atoms with E-state index in [1.165, 1.54) is 0 Å². The lowest BCUT2D eigenvalue weighted by molar-refractivity contribution is 0.0726. The quantitative estimate of drug-likeness (QED) is 0.733. The van der Waals surface area contributed by atoms with Gasteiger partial charge in [0.2, 0.25) is 0 Å². The maximum atomic E-state index is 12.8. The number of benzene rings is 1. The molecule has 1 aromatic rings.